The van der Waals surface area contributed by atoms with Crippen molar-refractivity contribution < 1.29 is 75.8 Å². The monoisotopic (exact) mass is 1360 g/mol. The van der Waals surface area contributed by atoms with Gasteiger partial charge in [0.25, 0.3) is 0 Å². The third-order valence-electron chi connectivity index (χ3n) is 16.6. The van der Waals surface area contributed by atoms with Gasteiger partial charge >= 0.3 is 33.6 Å². The molecule has 0 rings (SSSR count). The van der Waals surface area contributed by atoms with Gasteiger partial charge in [0.2, 0.25) is 0 Å². The van der Waals surface area contributed by atoms with Gasteiger partial charge in [0, 0.05) is 19.3 Å². The lowest BCUT2D eigenvalue weighted by Gasteiger charge is -2.21. The van der Waals surface area contributed by atoms with Crippen molar-refractivity contribution in [3.8, 4) is 0 Å². The number of allylic oxidation sites excluding steroid dienone is 8. The Morgan fingerprint density at radius 2 is 0.538 bits per heavy atom. The highest BCUT2D eigenvalue weighted by molar-refractivity contribution is 7.47. The molecule has 4 N–H and O–H groups in total. The molecular weight excluding hydrogens is 1220 g/mol. The average molecular weight is 1360 g/mol. The Balaban J connectivity index is 4.34. The number of rotatable bonds is 73. The molecule has 0 aromatic carbocycles. The number of hydrogen-bond acceptors (Lipinski definition) is 14. The van der Waals surface area contributed by atoms with Gasteiger partial charge in [-0.1, -0.05) is 320 Å². The molecule has 0 aliphatic carbocycles. The number of aliphatic hydroxyl groups is 2. The summed E-state index contributed by atoms with van der Waals surface area (Å²) in [5.74, 6) is -1.55. The van der Waals surface area contributed by atoms with E-state index in [1.807, 2.05) is 0 Å². The van der Waals surface area contributed by atoms with Crippen molar-refractivity contribution in [2.75, 3.05) is 39.6 Å². The standard InChI is InChI=1S/C75H140O16P2/c1-4-7-10-13-16-19-22-25-26-27-28-29-30-31-32-33-34-35-36-37-38-39-40-41-42-45-47-49-52-55-58-61-73(78)85-64-70(76)65-87-92(81,82)88-66-71(77)67-89-93(83,84)90-69-72(91-75(80)63-60-57-54-51-48-44-24-21-18-15-12-9-6-3)68-86-74(79)62-59-56-53-50-46-43-23-20-17-14-11-8-5-2/h16,19,25-26,28-29,31-32,70-72,76-77H,4-15,17-18,20-24,27,30,33-69H2,1-3H3,(H,81,82)(H,83,84)/b19-16-,26-25-,29-28-,32-31-. The molecule has 5 atom stereocenters. The molecule has 0 aromatic rings. The van der Waals surface area contributed by atoms with Gasteiger partial charge in [0.05, 0.1) is 26.4 Å². The van der Waals surface area contributed by atoms with Crippen LogP contribution in [0, 0.1) is 0 Å². The minimum atomic E-state index is -4.91. The molecule has 546 valence electrons. The van der Waals surface area contributed by atoms with Crippen LogP contribution >= 0.6 is 15.6 Å². The third kappa shape index (κ3) is 70.6. The summed E-state index contributed by atoms with van der Waals surface area (Å²) in [6.07, 6.45) is 71.8. The molecule has 0 amide bonds. The van der Waals surface area contributed by atoms with E-state index in [0.29, 0.717) is 19.3 Å². The fourth-order valence-corrected chi connectivity index (χ4v) is 12.3. The topological polar surface area (TPSA) is 231 Å². The van der Waals surface area contributed by atoms with Crippen LogP contribution in [0.2, 0.25) is 0 Å². The van der Waals surface area contributed by atoms with Gasteiger partial charge in [-0.25, -0.2) is 9.13 Å². The van der Waals surface area contributed by atoms with Crippen LogP contribution in [0.3, 0.4) is 0 Å². The quantitative estimate of drug-likeness (QED) is 0.0146. The van der Waals surface area contributed by atoms with E-state index in [0.717, 1.165) is 83.5 Å². The number of carbonyl (C=O) groups is 3. The maximum atomic E-state index is 12.9. The van der Waals surface area contributed by atoms with Crippen LogP contribution in [-0.2, 0) is 55.8 Å². The molecule has 0 aromatic heterocycles. The Bertz CT molecular complexity index is 1890. The van der Waals surface area contributed by atoms with Gasteiger partial charge in [-0.05, 0) is 64.2 Å². The lowest BCUT2D eigenvalue weighted by Crippen LogP contribution is -2.30. The zero-order valence-electron chi connectivity index (χ0n) is 59.4. The van der Waals surface area contributed by atoms with E-state index in [1.165, 1.54) is 212 Å². The molecule has 0 saturated heterocycles. The fourth-order valence-electron chi connectivity index (χ4n) is 10.7. The van der Waals surface area contributed by atoms with E-state index in [1.54, 1.807) is 0 Å². The first kappa shape index (κ1) is 90.5. The molecule has 0 radical (unpaired) electrons. The molecule has 0 aliphatic heterocycles. The van der Waals surface area contributed by atoms with E-state index < -0.39 is 91.5 Å². The fraction of sp³-hybridized carbons (Fsp3) is 0.853. The normalized spacial score (nSPS) is 14.4. The predicted octanol–water partition coefficient (Wildman–Crippen LogP) is 21.5. The maximum absolute atomic E-state index is 12.9. The number of esters is 3. The van der Waals surface area contributed by atoms with Crippen molar-refractivity contribution in [1.29, 1.82) is 0 Å². The summed E-state index contributed by atoms with van der Waals surface area (Å²) in [6.45, 7) is 2.71. The molecule has 0 bridgehead atoms. The second kappa shape index (κ2) is 69.4. The summed E-state index contributed by atoms with van der Waals surface area (Å²) in [7, 11) is -9.75. The number of hydrogen-bond donors (Lipinski definition) is 4. The number of unbranched alkanes of at least 4 members (excludes halogenated alkanes) is 42. The Kier molecular flexibility index (Phi) is 67.6. The molecule has 0 aliphatic rings. The first-order valence-corrected chi connectivity index (χ1v) is 40.9. The molecule has 0 saturated carbocycles. The first-order valence-electron chi connectivity index (χ1n) is 37.9. The molecule has 5 unspecified atom stereocenters. The Hall–Kier alpha value is -2.49. The number of phosphoric acid groups is 2. The van der Waals surface area contributed by atoms with Crippen molar-refractivity contribution in [2.45, 2.75) is 373 Å². The van der Waals surface area contributed by atoms with Crippen LogP contribution in [0.15, 0.2) is 48.6 Å². The van der Waals surface area contributed by atoms with E-state index in [-0.39, 0.29) is 19.3 Å². The Morgan fingerprint density at radius 3 is 0.871 bits per heavy atom. The van der Waals surface area contributed by atoms with Crippen molar-refractivity contribution in [2.24, 2.45) is 0 Å². The average Bonchev–Trinajstić information content (AvgIpc) is 3.55. The van der Waals surface area contributed by atoms with Crippen molar-refractivity contribution in [3.05, 3.63) is 48.6 Å². The largest absolute Gasteiger partial charge is 0.472 e. The molecule has 16 nitrogen and oxygen atoms in total. The second-order valence-electron chi connectivity index (χ2n) is 25.8. The molecule has 0 heterocycles. The van der Waals surface area contributed by atoms with Crippen molar-refractivity contribution >= 4 is 33.6 Å². The maximum Gasteiger partial charge on any atom is 0.472 e. The zero-order chi connectivity index (χ0) is 68.1. The summed E-state index contributed by atoms with van der Waals surface area (Å²) in [4.78, 5) is 58.4. The summed E-state index contributed by atoms with van der Waals surface area (Å²) in [6, 6.07) is 0. The predicted molar refractivity (Wildman–Crippen MR) is 381 cm³/mol. The number of carbonyl (C=O) groups excluding carboxylic acids is 3. The molecule has 18 heteroatoms. The van der Waals surface area contributed by atoms with Crippen molar-refractivity contribution in [3.63, 3.8) is 0 Å². The number of aliphatic hydroxyl groups excluding tert-OH is 2. The lowest BCUT2D eigenvalue weighted by molar-refractivity contribution is -0.161. The van der Waals surface area contributed by atoms with Gasteiger partial charge in [-0.15, -0.1) is 0 Å². The van der Waals surface area contributed by atoms with E-state index in [4.69, 9.17) is 32.3 Å². The van der Waals surface area contributed by atoms with Gasteiger partial charge in [-0.3, -0.25) is 32.5 Å². The van der Waals surface area contributed by atoms with Gasteiger partial charge < -0.3 is 34.2 Å². The van der Waals surface area contributed by atoms with Crippen LogP contribution in [0.1, 0.15) is 355 Å². The van der Waals surface area contributed by atoms with Crippen molar-refractivity contribution in [1.82, 2.24) is 0 Å². The van der Waals surface area contributed by atoms with Crippen LogP contribution in [-0.4, -0.2) is 95.9 Å². The molecule has 0 spiro atoms. The molecular formula is C75H140O16P2. The third-order valence-corrected chi connectivity index (χ3v) is 18.5. The highest BCUT2D eigenvalue weighted by Gasteiger charge is 2.29. The van der Waals surface area contributed by atoms with E-state index in [2.05, 4.69) is 69.4 Å². The first-order chi connectivity index (χ1) is 45.2. The number of phosphoric ester groups is 2. The molecule has 0 fully saturated rings. The summed E-state index contributed by atoms with van der Waals surface area (Å²) < 4.78 is 61.0. The highest BCUT2D eigenvalue weighted by atomic mass is 31.2. The van der Waals surface area contributed by atoms with Gasteiger partial charge in [0.1, 0.15) is 25.4 Å². The summed E-state index contributed by atoms with van der Waals surface area (Å²) >= 11 is 0. The summed E-state index contributed by atoms with van der Waals surface area (Å²) in [5.41, 5.74) is 0. The lowest BCUT2D eigenvalue weighted by atomic mass is 10.0. The minimum Gasteiger partial charge on any atom is -0.463 e. The second-order valence-corrected chi connectivity index (χ2v) is 28.7. The zero-order valence-corrected chi connectivity index (χ0v) is 61.2. The minimum absolute atomic E-state index is 0.114. The van der Waals surface area contributed by atoms with Gasteiger partial charge in [0.15, 0.2) is 6.10 Å². The SMILES string of the molecule is CCCCC/C=C\C/C=C\C/C=C\C/C=C\CCCCCCCCCCCCCCCCCC(=O)OCC(O)COP(=O)(O)OCC(O)COP(=O)(O)OCC(COC(=O)CCCCCCCCCCCCCCC)OC(=O)CCCCCCCCCCCCCCC. The number of ether oxygens (including phenoxy) is 3. The Morgan fingerprint density at radius 1 is 0.301 bits per heavy atom. The molecule has 93 heavy (non-hydrogen) atoms. The smallest absolute Gasteiger partial charge is 0.463 e. The van der Waals surface area contributed by atoms with E-state index in [9.17, 15) is 43.5 Å². The van der Waals surface area contributed by atoms with Gasteiger partial charge in [-0.2, -0.15) is 0 Å². The van der Waals surface area contributed by atoms with Crippen LogP contribution in [0.25, 0.3) is 0 Å². The highest BCUT2D eigenvalue weighted by Crippen LogP contribution is 2.45. The summed E-state index contributed by atoms with van der Waals surface area (Å²) in [5, 5.41) is 20.6. The Labute approximate surface area is 568 Å². The van der Waals surface area contributed by atoms with Crippen LogP contribution in [0.5, 0.6) is 0 Å². The van der Waals surface area contributed by atoms with E-state index >= 15 is 0 Å². The van der Waals surface area contributed by atoms with Crippen LogP contribution in [0.4, 0.5) is 0 Å². The van der Waals surface area contributed by atoms with Crippen LogP contribution < -0.4 is 0 Å².